The highest BCUT2D eigenvalue weighted by Crippen LogP contribution is 2.36. The molecule has 0 radical (unpaired) electrons. The van der Waals surface area contributed by atoms with E-state index in [0.29, 0.717) is 17.7 Å². The van der Waals surface area contributed by atoms with Gasteiger partial charge in [-0.05, 0) is 39.8 Å². The molecule has 0 N–H and O–H groups in total. The van der Waals surface area contributed by atoms with Gasteiger partial charge in [0.15, 0.2) is 0 Å². The number of hydrogen-bond acceptors (Lipinski definition) is 5. The van der Waals surface area contributed by atoms with Gasteiger partial charge in [-0.2, -0.15) is 0 Å². The van der Waals surface area contributed by atoms with Crippen LogP contribution in [0.15, 0.2) is 30.6 Å². The zero-order chi connectivity index (χ0) is 19.4. The molecule has 0 saturated carbocycles. The summed E-state index contributed by atoms with van der Waals surface area (Å²) in [6.07, 6.45) is 3.13. The Labute approximate surface area is 157 Å². The maximum atomic E-state index is 14.7. The number of rotatable bonds is 3. The first kappa shape index (κ1) is 18.1. The Balaban J connectivity index is 1.52. The van der Waals surface area contributed by atoms with Crippen molar-refractivity contribution in [3.63, 3.8) is 0 Å². The molecule has 2 aromatic heterocycles. The predicted molar refractivity (Wildman–Crippen MR) is 97.7 cm³/mol. The SMILES string of the molecule is CC1(C)OB(c2cnc(CN3Cc4cccnc4C3=O)c(F)c2)OC1(C)C. The molecule has 4 rings (SSSR count). The van der Waals surface area contributed by atoms with Gasteiger partial charge in [-0.3, -0.25) is 14.8 Å². The minimum Gasteiger partial charge on any atom is -0.399 e. The summed E-state index contributed by atoms with van der Waals surface area (Å²) in [7, 11) is -0.673. The van der Waals surface area contributed by atoms with Gasteiger partial charge in [0.25, 0.3) is 5.91 Å². The van der Waals surface area contributed by atoms with Crippen LogP contribution in [0.4, 0.5) is 4.39 Å². The molecule has 1 saturated heterocycles. The van der Waals surface area contributed by atoms with Crippen molar-refractivity contribution >= 4 is 18.5 Å². The molecule has 140 valence electrons. The van der Waals surface area contributed by atoms with Gasteiger partial charge in [0, 0.05) is 30.0 Å². The van der Waals surface area contributed by atoms with Crippen molar-refractivity contribution in [1.29, 1.82) is 0 Å². The summed E-state index contributed by atoms with van der Waals surface area (Å²) in [6.45, 7) is 8.25. The summed E-state index contributed by atoms with van der Waals surface area (Å²) in [5.74, 6) is -0.694. The highest BCUT2D eigenvalue weighted by Gasteiger charge is 2.52. The molecule has 8 heteroatoms. The fourth-order valence-corrected chi connectivity index (χ4v) is 3.20. The summed E-state index contributed by atoms with van der Waals surface area (Å²) in [4.78, 5) is 22.3. The Morgan fingerprint density at radius 1 is 1.22 bits per heavy atom. The Morgan fingerprint density at radius 2 is 1.93 bits per heavy atom. The first-order chi connectivity index (χ1) is 12.7. The van der Waals surface area contributed by atoms with E-state index in [-0.39, 0.29) is 18.1 Å². The van der Waals surface area contributed by atoms with Crippen LogP contribution in [0.5, 0.6) is 0 Å². The zero-order valence-electron chi connectivity index (χ0n) is 15.8. The van der Waals surface area contributed by atoms with E-state index in [4.69, 9.17) is 9.31 Å². The van der Waals surface area contributed by atoms with E-state index in [1.54, 1.807) is 18.5 Å². The number of hydrogen-bond donors (Lipinski definition) is 0. The van der Waals surface area contributed by atoms with E-state index in [2.05, 4.69) is 9.97 Å². The molecule has 27 heavy (non-hydrogen) atoms. The van der Waals surface area contributed by atoms with Gasteiger partial charge in [0.05, 0.1) is 23.4 Å². The lowest BCUT2D eigenvalue weighted by Crippen LogP contribution is -2.41. The largest absolute Gasteiger partial charge is 0.496 e. The molecule has 1 amide bonds. The van der Waals surface area contributed by atoms with Gasteiger partial charge in [-0.15, -0.1) is 0 Å². The van der Waals surface area contributed by atoms with E-state index in [1.807, 2.05) is 33.8 Å². The summed E-state index contributed by atoms with van der Waals surface area (Å²) in [5.41, 5.74) is 0.980. The van der Waals surface area contributed by atoms with Crippen molar-refractivity contribution in [3.8, 4) is 0 Å². The lowest BCUT2D eigenvalue weighted by Gasteiger charge is -2.32. The summed E-state index contributed by atoms with van der Waals surface area (Å²) >= 11 is 0. The van der Waals surface area contributed by atoms with Gasteiger partial charge in [0.2, 0.25) is 0 Å². The molecule has 2 aromatic rings. The van der Waals surface area contributed by atoms with E-state index in [1.165, 1.54) is 11.0 Å². The minimum atomic E-state index is -0.673. The third-order valence-corrected chi connectivity index (χ3v) is 5.55. The van der Waals surface area contributed by atoms with Gasteiger partial charge in [-0.1, -0.05) is 6.07 Å². The highest BCUT2D eigenvalue weighted by molar-refractivity contribution is 6.62. The molecule has 0 aliphatic carbocycles. The van der Waals surface area contributed by atoms with Crippen molar-refractivity contribution in [2.75, 3.05) is 0 Å². The number of pyridine rings is 2. The number of halogens is 1. The number of aromatic nitrogens is 2. The van der Waals surface area contributed by atoms with Crippen molar-refractivity contribution in [2.24, 2.45) is 0 Å². The number of amides is 1. The Morgan fingerprint density at radius 3 is 2.56 bits per heavy atom. The molecule has 0 spiro atoms. The standard InChI is InChI=1S/C19H21BFN3O3/c1-18(2)19(3,4)27-20(26-18)13-8-14(21)15(23-9-13)11-24-10-12-6-5-7-22-16(12)17(24)25/h5-9H,10-11H2,1-4H3. The van der Waals surface area contributed by atoms with Crippen molar-refractivity contribution < 1.29 is 18.5 Å². The van der Waals surface area contributed by atoms with Crippen LogP contribution >= 0.6 is 0 Å². The van der Waals surface area contributed by atoms with Crippen molar-refractivity contribution in [2.45, 2.75) is 52.0 Å². The Kier molecular flexibility index (Phi) is 4.08. The number of carbonyl (C=O) groups is 1. The maximum Gasteiger partial charge on any atom is 0.496 e. The summed E-state index contributed by atoms with van der Waals surface area (Å²) in [5, 5.41) is 0. The monoisotopic (exact) mass is 369 g/mol. The molecule has 0 atom stereocenters. The first-order valence-electron chi connectivity index (χ1n) is 8.91. The maximum absolute atomic E-state index is 14.7. The normalized spacial score (nSPS) is 20.3. The second-order valence-corrected chi connectivity index (χ2v) is 7.96. The predicted octanol–water partition coefficient (Wildman–Crippen LogP) is 2.07. The molecule has 0 aromatic carbocycles. The van der Waals surface area contributed by atoms with Crippen LogP contribution in [-0.4, -0.2) is 39.1 Å². The third-order valence-electron chi connectivity index (χ3n) is 5.55. The van der Waals surface area contributed by atoms with Gasteiger partial charge in [-0.25, -0.2) is 4.39 Å². The third kappa shape index (κ3) is 3.02. The number of nitrogens with zero attached hydrogens (tertiary/aromatic N) is 3. The quantitative estimate of drug-likeness (QED) is 0.776. The Hall–Kier alpha value is -2.32. The molecule has 4 heterocycles. The smallest absolute Gasteiger partial charge is 0.399 e. The van der Waals surface area contributed by atoms with Crippen LogP contribution in [0.25, 0.3) is 0 Å². The molecule has 0 unspecified atom stereocenters. The lowest BCUT2D eigenvalue weighted by atomic mass is 9.80. The first-order valence-corrected chi connectivity index (χ1v) is 8.91. The number of fused-ring (bicyclic) bond motifs is 1. The van der Waals surface area contributed by atoms with Gasteiger partial charge in [0.1, 0.15) is 11.5 Å². The number of carbonyl (C=O) groups excluding carboxylic acids is 1. The van der Waals surface area contributed by atoms with Gasteiger partial charge >= 0.3 is 7.12 Å². The van der Waals surface area contributed by atoms with Crippen LogP contribution in [0, 0.1) is 5.82 Å². The fourth-order valence-electron chi connectivity index (χ4n) is 3.20. The average Bonchev–Trinajstić information content (AvgIpc) is 3.03. The van der Waals surface area contributed by atoms with Crippen LogP contribution in [-0.2, 0) is 22.4 Å². The second-order valence-electron chi connectivity index (χ2n) is 7.96. The van der Waals surface area contributed by atoms with E-state index in [0.717, 1.165) is 5.56 Å². The van der Waals surface area contributed by atoms with E-state index in [9.17, 15) is 9.18 Å². The van der Waals surface area contributed by atoms with Crippen LogP contribution < -0.4 is 5.46 Å². The molecular formula is C19H21BFN3O3. The lowest BCUT2D eigenvalue weighted by molar-refractivity contribution is 0.00578. The molecule has 1 fully saturated rings. The van der Waals surface area contributed by atoms with E-state index >= 15 is 0 Å². The van der Waals surface area contributed by atoms with Gasteiger partial charge < -0.3 is 14.2 Å². The molecule has 2 aliphatic heterocycles. The van der Waals surface area contributed by atoms with E-state index < -0.39 is 24.1 Å². The summed E-state index contributed by atoms with van der Waals surface area (Å²) in [6, 6.07) is 5.01. The molecule has 6 nitrogen and oxygen atoms in total. The topological polar surface area (TPSA) is 64.5 Å². The second kappa shape index (κ2) is 6.10. The van der Waals surface area contributed by atoms with Crippen molar-refractivity contribution in [3.05, 3.63) is 53.4 Å². The highest BCUT2D eigenvalue weighted by atomic mass is 19.1. The Bertz CT molecular complexity index is 903. The summed E-state index contributed by atoms with van der Waals surface area (Å²) < 4.78 is 26.5. The van der Waals surface area contributed by atoms with Crippen LogP contribution in [0.3, 0.4) is 0 Å². The minimum absolute atomic E-state index is 0.0880. The zero-order valence-corrected chi connectivity index (χ0v) is 15.8. The molecule has 2 aliphatic rings. The van der Waals surface area contributed by atoms with Crippen LogP contribution in [0.1, 0.15) is 49.4 Å². The molecular weight excluding hydrogens is 348 g/mol. The van der Waals surface area contributed by atoms with Crippen LogP contribution in [0.2, 0.25) is 0 Å². The van der Waals surface area contributed by atoms with Crippen molar-refractivity contribution in [1.82, 2.24) is 14.9 Å². The average molecular weight is 369 g/mol. The molecule has 0 bridgehead atoms. The fraction of sp³-hybridized carbons (Fsp3) is 0.421.